The van der Waals surface area contributed by atoms with Crippen molar-refractivity contribution in [2.75, 3.05) is 19.8 Å². The molecule has 0 aliphatic carbocycles. The number of hydrogen-bond donors (Lipinski definition) is 1. The van der Waals surface area contributed by atoms with Gasteiger partial charge in [0.15, 0.2) is 0 Å². The fourth-order valence-corrected chi connectivity index (χ4v) is 1.97. The third kappa shape index (κ3) is 3.80. The van der Waals surface area contributed by atoms with Crippen LogP contribution in [0.5, 0.6) is 0 Å². The van der Waals surface area contributed by atoms with Crippen LogP contribution in [0.25, 0.3) is 0 Å². The topological polar surface area (TPSA) is 38.7 Å². The molecule has 2 atom stereocenters. The lowest BCUT2D eigenvalue weighted by molar-refractivity contribution is -0.0176. The summed E-state index contributed by atoms with van der Waals surface area (Å²) in [6, 6.07) is 7.88. The highest BCUT2D eigenvalue weighted by molar-refractivity contribution is 5.23. The molecule has 0 bridgehead atoms. The van der Waals surface area contributed by atoms with Crippen molar-refractivity contribution in [3.8, 4) is 0 Å². The standard InChI is InChI=1S/C14H20O3/c1-11-4-6-12(7-5-11)14(15)10-16-9-13-3-2-8-17-13/h4-7,13-15H,2-3,8-10H2,1H3. The van der Waals surface area contributed by atoms with Gasteiger partial charge in [-0.1, -0.05) is 29.8 Å². The molecule has 0 spiro atoms. The Balaban J connectivity index is 1.72. The average Bonchev–Trinajstić information content (AvgIpc) is 2.83. The fraction of sp³-hybridized carbons (Fsp3) is 0.571. The Labute approximate surface area is 102 Å². The molecule has 1 aromatic carbocycles. The molecule has 1 aromatic rings. The molecule has 0 aromatic heterocycles. The van der Waals surface area contributed by atoms with E-state index in [0.29, 0.717) is 13.2 Å². The van der Waals surface area contributed by atoms with Crippen LogP contribution in [0, 0.1) is 6.92 Å². The highest BCUT2D eigenvalue weighted by Gasteiger charge is 2.16. The van der Waals surface area contributed by atoms with Gasteiger partial charge in [-0.2, -0.15) is 0 Å². The second-order valence-electron chi connectivity index (χ2n) is 4.60. The Morgan fingerprint density at radius 1 is 1.41 bits per heavy atom. The van der Waals surface area contributed by atoms with E-state index in [2.05, 4.69) is 0 Å². The first-order valence-corrected chi connectivity index (χ1v) is 6.19. The minimum atomic E-state index is -0.544. The number of hydrogen-bond acceptors (Lipinski definition) is 3. The van der Waals surface area contributed by atoms with Crippen molar-refractivity contribution in [2.45, 2.75) is 32.0 Å². The maximum atomic E-state index is 9.92. The normalized spacial score (nSPS) is 21.6. The SMILES string of the molecule is Cc1ccc(C(O)COCC2CCCO2)cc1. The first kappa shape index (κ1) is 12.6. The number of aliphatic hydroxyl groups excluding tert-OH is 1. The Morgan fingerprint density at radius 3 is 2.82 bits per heavy atom. The molecule has 0 radical (unpaired) electrons. The van der Waals surface area contributed by atoms with Crippen molar-refractivity contribution < 1.29 is 14.6 Å². The third-order valence-electron chi connectivity index (χ3n) is 3.07. The summed E-state index contributed by atoms with van der Waals surface area (Å²) in [5.74, 6) is 0. The summed E-state index contributed by atoms with van der Waals surface area (Å²) < 4.78 is 10.9. The molecule has 1 aliphatic heterocycles. The van der Waals surface area contributed by atoms with Gasteiger partial charge >= 0.3 is 0 Å². The van der Waals surface area contributed by atoms with Gasteiger partial charge in [0.2, 0.25) is 0 Å². The molecule has 3 nitrogen and oxygen atoms in total. The van der Waals surface area contributed by atoms with Gasteiger partial charge in [0.25, 0.3) is 0 Å². The van der Waals surface area contributed by atoms with Crippen LogP contribution in [0.3, 0.4) is 0 Å². The average molecular weight is 236 g/mol. The summed E-state index contributed by atoms with van der Waals surface area (Å²) in [7, 11) is 0. The summed E-state index contributed by atoms with van der Waals surface area (Å²) >= 11 is 0. The molecule has 0 amide bonds. The van der Waals surface area contributed by atoms with Gasteiger partial charge in [-0.15, -0.1) is 0 Å². The van der Waals surface area contributed by atoms with Crippen LogP contribution in [-0.4, -0.2) is 31.0 Å². The Hall–Kier alpha value is -0.900. The molecule has 2 rings (SSSR count). The van der Waals surface area contributed by atoms with E-state index in [-0.39, 0.29) is 6.10 Å². The van der Waals surface area contributed by atoms with Crippen molar-refractivity contribution in [3.63, 3.8) is 0 Å². The second kappa shape index (κ2) is 6.15. The molecule has 94 valence electrons. The zero-order chi connectivity index (χ0) is 12.1. The van der Waals surface area contributed by atoms with Gasteiger partial charge in [-0.05, 0) is 25.3 Å². The largest absolute Gasteiger partial charge is 0.386 e. The highest BCUT2D eigenvalue weighted by atomic mass is 16.5. The van der Waals surface area contributed by atoms with E-state index in [1.165, 1.54) is 5.56 Å². The minimum absolute atomic E-state index is 0.222. The van der Waals surface area contributed by atoms with E-state index < -0.39 is 6.10 Å². The van der Waals surface area contributed by atoms with Crippen molar-refractivity contribution in [1.29, 1.82) is 0 Å². The first-order chi connectivity index (χ1) is 8.25. The summed E-state index contributed by atoms with van der Waals surface area (Å²) in [6.45, 7) is 3.80. The Kier molecular flexibility index (Phi) is 4.54. The number of aliphatic hydroxyl groups is 1. The van der Waals surface area contributed by atoms with E-state index in [1.807, 2.05) is 31.2 Å². The highest BCUT2D eigenvalue weighted by Crippen LogP contribution is 2.16. The van der Waals surface area contributed by atoms with Crippen LogP contribution in [-0.2, 0) is 9.47 Å². The molecule has 1 fully saturated rings. The van der Waals surface area contributed by atoms with Crippen LogP contribution in [0.1, 0.15) is 30.1 Å². The van der Waals surface area contributed by atoms with Crippen LogP contribution in [0.2, 0.25) is 0 Å². The smallest absolute Gasteiger partial charge is 0.102 e. The zero-order valence-corrected chi connectivity index (χ0v) is 10.3. The van der Waals surface area contributed by atoms with Crippen LogP contribution < -0.4 is 0 Å². The van der Waals surface area contributed by atoms with Gasteiger partial charge in [0.05, 0.1) is 19.3 Å². The van der Waals surface area contributed by atoms with Gasteiger partial charge < -0.3 is 14.6 Å². The maximum Gasteiger partial charge on any atom is 0.102 e. The van der Waals surface area contributed by atoms with E-state index in [4.69, 9.17) is 9.47 Å². The Bertz CT molecular complexity index is 328. The predicted octanol–water partition coefficient (Wildman–Crippen LogP) is 2.22. The number of rotatable bonds is 5. The first-order valence-electron chi connectivity index (χ1n) is 6.19. The lowest BCUT2D eigenvalue weighted by atomic mass is 10.1. The van der Waals surface area contributed by atoms with Crippen molar-refractivity contribution in [1.82, 2.24) is 0 Å². The number of ether oxygens (including phenoxy) is 2. The molecule has 1 heterocycles. The van der Waals surface area contributed by atoms with Gasteiger partial charge in [-0.3, -0.25) is 0 Å². The zero-order valence-electron chi connectivity index (χ0n) is 10.3. The lowest BCUT2D eigenvalue weighted by Gasteiger charge is -2.14. The van der Waals surface area contributed by atoms with Crippen molar-refractivity contribution >= 4 is 0 Å². The van der Waals surface area contributed by atoms with E-state index in [1.54, 1.807) is 0 Å². The predicted molar refractivity (Wildman–Crippen MR) is 65.9 cm³/mol. The molecular formula is C14H20O3. The summed E-state index contributed by atoms with van der Waals surface area (Å²) in [5.41, 5.74) is 2.10. The van der Waals surface area contributed by atoms with E-state index >= 15 is 0 Å². The van der Waals surface area contributed by atoms with E-state index in [0.717, 1.165) is 25.0 Å². The fourth-order valence-electron chi connectivity index (χ4n) is 1.97. The summed E-state index contributed by atoms with van der Waals surface area (Å²) in [5, 5.41) is 9.92. The van der Waals surface area contributed by atoms with Crippen molar-refractivity contribution in [3.05, 3.63) is 35.4 Å². The van der Waals surface area contributed by atoms with Crippen LogP contribution >= 0.6 is 0 Å². The summed E-state index contributed by atoms with van der Waals surface area (Å²) in [4.78, 5) is 0. The lowest BCUT2D eigenvalue weighted by Crippen LogP contribution is -2.17. The van der Waals surface area contributed by atoms with Crippen LogP contribution in [0.4, 0.5) is 0 Å². The monoisotopic (exact) mass is 236 g/mol. The Morgan fingerprint density at radius 2 is 2.18 bits per heavy atom. The molecule has 1 N–H and O–H groups in total. The molecule has 1 aliphatic rings. The van der Waals surface area contributed by atoms with Gasteiger partial charge in [-0.25, -0.2) is 0 Å². The molecule has 3 heteroatoms. The summed E-state index contributed by atoms with van der Waals surface area (Å²) in [6.07, 6.45) is 1.87. The second-order valence-corrected chi connectivity index (χ2v) is 4.60. The molecular weight excluding hydrogens is 216 g/mol. The molecule has 17 heavy (non-hydrogen) atoms. The number of aryl methyl sites for hydroxylation is 1. The molecule has 1 saturated heterocycles. The molecule has 0 saturated carbocycles. The maximum absolute atomic E-state index is 9.92. The van der Waals surface area contributed by atoms with Crippen molar-refractivity contribution in [2.24, 2.45) is 0 Å². The quantitative estimate of drug-likeness (QED) is 0.852. The van der Waals surface area contributed by atoms with Gasteiger partial charge in [0.1, 0.15) is 6.10 Å². The van der Waals surface area contributed by atoms with Gasteiger partial charge in [0, 0.05) is 6.61 Å². The van der Waals surface area contributed by atoms with Crippen LogP contribution in [0.15, 0.2) is 24.3 Å². The minimum Gasteiger partial charge on any atom is -0.386 e. The molecule has 2 unspecified atom stereocenters. The van der Waals surface area contributed by atoms with E-state index in [9.17, 15) is 5.11 Å². The third-order valence-corrected chi connectivity index (χ3v) is 3.07. The number of benzene rings is 1.